The average molecular weight is 274 g/mol. The molecule has 1 fully saturated rings. The van der Waals surface area contributed by atoms with Crippen molar-refractivity contribution in [1.29, 1.82) is 0 Å². The minimum atomic E-state index is 0.0486. The lowest BCUT2D eigenvalue weighted by Gasteiger charge is -2.31. The number of fused-ring (bicyclic) bond motifs is 1. The first-order valence-electron chi connectivity index (χ1n) is 7.49. The molecule has 20 heavy (non-hydrogen) atoms. The van der Waals surface area contributed by atoms with E-state index in [1.807, 2.05) is 13.1 Å². The Morgan fingerprint density at radius 3 is 3.05 bits per heavy atom. The smallest absolute Gasteiger partial charge is 0.251 e. The zero-order valence-electron chi connectivity index (χ0n) is 11.9. The van der Waals surface area contributed by atoms with E-state index in [0.29, 0.717) is 0 Å². The summed E-state index contributed by atoms with van der Waals surface area (Å²) in [4.78, 5) is 12.0. The monoisotopic (exact) mass is 274 g/mol. The van der Waals surface area contributed by atoms with Crippen LogP contribution in [0.15, 0.2) is 18.2 Å². The van der Waals surface area contributed by atoms with Crippen molar-refractivity contribution in [2.24, 2.45) is 0 Å². The van der Waals surface area contributed by atoms with Crippen LogP contribution in [0.4, 0.5) is 0 Å². The molecule has 2 heterocycles. The lowest BCUT2D eigenvalue weighted by Crippen LogP contribution is -2.35. The van der Waals surface area contributed by atoms with Crippen LogP contribution >= 0.6 is 0 Å². The summed E-state index contributed by atoms with van der Waals surface area (Å²) in [6.07, 6.45) is 4.58. The molecule has 1 saturated heterocycles. The zero-order valence-corrected chi connectivity index (χ0v) is 11.9. The highest BCUT2D eigenvalue weighted by Crippen LogP contribution is 2.28. The van der Waals surface area contributed by atoms with Crippen LogP contribution in [0.5, 0.6) is 0 Å². The molecular formula is C16H22N2O2. The minimum Gasteiger partial charge on any atom is -0.376 e. The van der Waals surface area contributed by atoms with Crippen LogP contribution in [0.3, 0.4) is 0 Å². The third-order valence-corrected chi connectivity index (χ3v) is 4.32. The van der Waals surface area contributed by atoms with E-state index in [1.165, 1.54) is 6.42 Å². The number of carbonyl (C=O) groups is 1. The maximum absolute atomic E-state index is 12.0. The van der Waals surface area contributed by atoms with Gasteiger partial charge in [-0.15, -0.1) is 0 Å². The Kier molecular flexibility index (Phi) is 4.03. The Morgan fingerprint density at radius 2 is 2.30 bits per heavy atom. The molecule has 108 valence electrons. The fourth-order valence-electron chi connectivity index (χ4n) is 3.22. The number of hydrogen-bond acceptors (Lipinski definition) is 3. The molecule has 0 aromatic heterocycles. The molecule has 0 bridgehead atoms. The number of likely N-dealkylation sites (N-methyl/N-ethyl adjacent to an activating group) is 1. The van der Waals surface area contributed by atoms with Gasteiger partial charge in [-0.2, -0.15) is 0 Å². The Hall–Kier alpha value is -1.39. The van der Waals surface area contributed by atoms with Crippen LogP contribution in [0.1, 0.15) is 46.8 Å². The zero-order chi connectivity index (χ0) is 13.9. The van der Waals surface area contributed by atoms with E-state index >= 15 is 0 Å². The highest BCUT2D eigenvalue weighted by atomic mass is 16.5. The lowest BCUT2D eigenvalue weighted by atomic mass is 9.91. The molecule has 4 heteroatoms. The highest BCUT2D eigenvalue weighted by molar-refractivity contribution is 5.96. The Morgan fingerprint density at radius 1 is 1.40 bits per heavy atom. The number of hydrogen-bond donors (Lipinski definition) is 2. The van der Waals surface area contributed by atoms with Crippen molar-refractivity contribution in [1.82, 2.24) is 10.6 Å². The summed E-state index contributed by atoms with van der Waals surface area (Å²) in [6.45, 7) is 1.58. The van der Waals surface area contributed by atoms with Gasteiger partial charge in [0.25, 0.3) is 5.91 Å². The summed E-state index contributed by atoms with van der Waals surface area (Å²) in [6, 6.07) is 6.42. The van der Waals surface area contributed by atoms with E-state index in [1.54, 1.807) is 0 Å². The van der Waals surface area contributed by atoms with Crippen molar-refractivity contribution in [3.05, 3.63) is 34.9 Å². The molecule has 2 N–H and O–H groups in total. The quantitative estimate of drug-likeness (QED) is 0.883. The second-order valence-electron chi connectivity index (χ2n) is 5.59. The Labute approximate surface area is 119 Å². The van der Waals surface area contributed by atoms with E-state index < -0.39 is 0 Å². The molecule has 0 spiro atoms. The third-order valence-electron chi connectivity index (χ3n) is 4.32. The first-order valence-corrected chi connectivity index (χ1v) is 7.49. The van der Waals surface area contributed by atoms with Gasteiger partial charge in [0.05, 0.1) is 12.1 Å². The molecule has 3 rings (SSSR count). The van der Waals surface area contributed by atoms with Gasteiger partial charge in [-0.05, 0) is 49.9 Å². The van der Waals surface area contributed by atoms with Gasteiger partial charge in [0.15, 0.2) is 0 Å². The minimum absolute atomic E-state index is 0.0486. The second kappa shape index (κ2) is 5.94. The number of rotatable bonds is 3. The summed E-state index contributed by atoms with van der Waals surface area (Å²) in [5.41, 5.74) is 3.12. The van der Waals surface area contributed by atoms with Crippen molar-refractivity contribution in [2.75, 3.05) is 20.2 Å². The van der Waals surface area contributed by atoms with Crippen molar-refractivity contribution in [3.8, 4) is 0 Å². The maximum atomic E-state index is 12.0. The summed E-state index contributed by atoms with van der Waals surface area (Å²) < 4.78 is 5.89. The number of nitrogens with one attached hydrogen (secondary N) is 2. The van der Waals surface area contributed by atoms with Gasteiger partial charge in [-0.1, -0.05) is 12.1 Å². The predicted molar refractivity (Wildman–Crippen MR) is 77.9 cm³/mol. The van der Waals surface area contributed by atoms with Crippen LogP contribution < -0.4 is 10.6 Å². The van der Waals surface area contributed by atoms with Gasteiger partial charge in [0.2, 0.25) is 0 Å². The number of benzene rings is 1. The molecule has 2 aliphatic rings. The molecule has 0 radical (unpaired) electrons. The first kappa shape index (κ1) is 13.6. The molecule has 2 unspecified atom stereocenters. The van der Waals surface area contributed by atoms with Crippen molar-refractivity contribution in [2.45, 2.75) is 37.8 Å². The topological polar surface area (TPSA) is 50.4 Å². The SMILES string of the molecule is CNC(c1ccc2c(c1)C(=O)NCC2)C1CCCCO1. The van der Waals surface area contributed by atoms with E-state index in [0.717, 1.165) is 49.1 Å². The van der Waals surface area contributed by atoms with E-state index in [-0.39, 0.29) is 18.1 Å². The largest absolute Gasteiger partial charge is 0.376 e. The van der Waals surface area contributed by atoms with Crippen LogP contribution in [0, 0.1) is 0 Å². The molecule has 0 aliphatic carbocycles. The van der Waals surface area contributed by atoms with Crippen LogP contribution in [-0.4, -0.2) is 32.2 Å². The van der Waals surface area contributed by atoms with Crippen molar-refractivity contribution >= 4 is 5.91 Å². The number of ether oxygens (including phenoxy) is 1. The molecule has 2 aliphatic heterocycles. The van der Waals surface area contributed by atoms with Crippen molar-refractivity contribution in [3.63, 3.8) is 0 Å². The van der Waals surface area contributed by atoms with Gasteiger partial charge in [-0.3, -0.25) is 4.79 Å². The summed E-state index contributed by atoms with van der Waals surface area (Å²) >= 11 is 0. The van der Waals surface area contributed by atoms with Gasteiger partial charge in [0.1, 0.15) is 0 Å². The van der Waals surface area contributed by atoms with E-state index in [2.05, 4.69) is 22.8 Å². The predicted octanol–water partition coefficient (Wildman–Crippen LogP) is 1.80. The van der Waals surface area contributed by atoms with Crippen LogP contribution in [0.2, 0.25) is 0 Å². The first-order chi connectivity index (χ1) is 9.79. The molecular weight excluding hydrogens is 252 g/mol. The fourth-order valence-corrected chi connectivity index (χ4v) is 3.22. The van der Waals surface area contributed by atoms with Gasteiger partial charge in [0, 0.05) is 18.7 Å². The molecule has 2 atom stereocenters. The van der Waals surface area contributed by atoms with E-state index in [4.69, 9.17) is 4.74 Å². The maximum Gasteiger partial charge on any atom is 0.251 e. The van der Waals surface area contributed by atoms with Crippen molar-refractivity contribution < 1.29 is 9.53 Å². The molecule has 1 aromatic rings. The highest BCUT2D eigenvalue weighted by Gasteiger charge is 2.26. The molecule has 1 aromatic carbocycles. The fraction of sp³-hybridized carbons (Fsp3) is 0.562. The second-order valence-corrected chi connectivity index (χ2v) is 5.59. The van der Waals surface area contributed by atoms with Gasteiger partial charge < -0.3 is 15.4 Å². The number of carbonyl (C=O) groups excluding carboxylic acids is 1. The normalized spacial score (nSPS) is 23.9. The van der Waals surface area contributed by atoms with Crippen LogP contribution in [0.25, 0.3) is 0 Å². The van der Waals surface area contributed by atoms with Crippen LogP contribution in [-0.2, 0) is 11.2 Å². The molecule has 4 nitrogen and oxygen atoms in total. The Balaban J connectivity index is 1.88. The van der Waals surface area contributed by atoms with Gasteiger partial charge >= 0.3 is 0 Å². The lowest BCUT2D eigenvalue weighted by molar-refractivity contribution is -0.00664. The Bertz CT molecular complexity index is 495. The standard InChI is InChI=1S/C16H22N2O2/c1-17-15(14-4-2-3-9-20-14)12-6-5-11-7-8-18-16(19)13(11)10-12/h5-6,10,14-15,17H,2-4,7-9H2,1H3,(H,18,19). The number of amides is 1. The molecule has 1 amide bonds. The van der Waals surface area contributed by atoms with Gasteiger partial charge in [-0.25, -0.2) is 0 Å². The summed E-state index contributed by atoms with van der Waals surface area (Å²) in [5, 5.41) is 6.26. The summed E-state index contributed by atoms with van der Waals surface area (Å²) in [5.74, 6) is 0.0486. The summed E-state index contributed by atoms with van der Waals surface area (Å²) in [7, 11) is 1.96. The third kappa shape index (κ3) is 2.58. The molecule has 0 saturated carbocycles. The average Bonchev–Trinajstić information content (AvgIpc) is 2.50. The van der Waals surface area contributed by atoms with E-state index in [9.17, 15) is 4.79 Å².